The standard InChI is InChI=1S/C14H17BrO2/c15-12-8-6-11(7-9-12)14(16)10-17-13-4-2-1-3-5-13/h6-9,13H,1-5,10H2. The molecule has 0 spiro atoms. The Morgan fingerprint density at radius 3 is 2.47 bits per heavy atom. The predicted octanol–water partition coefficient (Wildman–Crippen LogP) is 3.98. The molecule has 2 rings (SSSR count). The highest BCUT2D eigenvalue weighted by Crippen LogP contribution is 2.20. The van der Waals surface area contributed by atoms with Crippen LogP contribution in [0.1, 0.15) is 42.5 Å². The fraction of sp³-hybridized carbons (Fsp3) is 0.500. The third kappa shape index (κ3) is 3.93. The molecule has 1 saturated carbocycles. The van der Waals surface area contributed by atoms with Crippen LogP contribution in [0.25, 0.3) is 0 Å². The maximum Gasteiger partial charge on any atom is 0.188 e. The first-order valence-electron chi connectivity index (χ1n) is 6.16. The topological polar surface area (TPSA) is 26.3 Å². The number of Topliss-reactive ketones (excluding diaryl/α,β-unsaturated/α-hetero) is 1. The lowest BCUT2D eigenvalue weighted by molar-refractivity contribution is 0.0284. The molecule has 2 nitrogen and oxygen atoms in total. The summed E-state index contributed by atoms with van der Waals surface area (Å²) in [4.78, 5) is 11.9. The molecule has 1 aromatic carbocycles. The van der Waals surface area contributed by atoms with Crippen LogP contribution >= 0.6 is 15.9 Å². The zero-order chi connectivity index (χ0) is 12.1. The minimum absolute atomic E-state index is 0.0723. The smallest absolute Gasteiger partial charge is 0.188 e. The van der Waals surface area contributed by atoms with Crippen molar-refractivity contribution in [3.8, 4) is 0 Å². The van der Waals surface area contributed by atoms with Gasteiger partial charge in [0.05, 0.1) is 6.10 Å². The van der Waals surface area contributed by atoms with Crippen molar-refractivity contribution in [2.24, 2.45) is 0 Å². The van der Waals surface area contributed by atoms with Crippen LogP contribution in [0.4, 0.5) is 0 Å². The number of hydrogen-bond donors (Lipinski definition) is 0. The first-order valence-corrected chi connectivity index (χ1v) is 6.95. The van der Waals surface area contributed by atoms with E-state index in [0.717, 1.165) is 22.9 Å². The molecule has 17 heavy (non-hydrogen) atoms. The normalized spacial score (nSPS) is 17.0. The second-order valence-corrected chi connectivity index (χ2v) is 5.42. The van der Waals surface area contributed by atoms with E-state index in [9.17, 15) is 4.79 Å². The van der Waals surface area contributed by atoms with Gasteiger partial charge < -0.3 is 4.74 Å². The van der Waals surface area contributed by atoms with Crippen molar-refractivity contribution >= 4 is 21.7 Å². The fourth-order valence-corrected chi connectivity index (χ4v) is 2.41. The van der Waals surface area contributed by atoms with Crippen LogP contribution in [0.15, 0.2) is 28.7 Å². The van der Waals surface area contributed by atoms with Crippen LogP contribution in [0.2, 0.25) is 0 Å². The molecule has 0 amide bonds. The first kappa shape index (κ1) is 12.8. The maximum absolute atomic E-state index is 11.9. The Morgan fingerprint density at radius 2 is 1.82 bits per heavy atom. The highest BCUT2D eigenvalue weighted by molar-refractivity contribution is 9.10. The maximum atomic E-state index is 11.9. The Hall–Kier alpha value is -0.670. The van der Waals surface area contributed by atoms with Crippen LogP contribution in [0.5, 0.6) is 0 Å². The largest absolute Gasteiger partial charge is 0.370 e. The summed E-state index contributed by atoms with van der Waals surface area (Å²) in [5, 5.41) is 0. The highest BCUT2D eigenvalue weighted by Gasteiger charge is 2.15. The van der Waals surface area contributed by atoms with Gasteiger partial charge in [0.2, 0.25) is 0 Å². The van der Waals surface area contributed by atoms with Gasteiger partial charge in [-0.05, 0) is 25.0 Å². The van der Waals surface area contributed by atoms with Gasteiger partial charge in [0.15, 0.2) is 5.78 Å². The minimum atomic E-state index is 0.0723. The summed E-state index contributed by atoms with van der Waals surface area (Å²) in [5.74, 6) is 0.0723. The summed E-state index contributed by atoms with van der Waals surface area (Å²) < 4.78 is 6.66. The Labute approximate surface area is 110 Å². The number of ether oxygens (including phenoxy) is 1. The summed E-state index contributed by atoms with van der Waals surface area (Å²) >= 11 is 3.35. The number of hydrogen-bond acceptors (Lipinski definition) is 2. The first-order chi connectivity index (χ1) is 8.25. The average molecular weight is 297 g/mol. The Bertz CT molecular complexity index is 366. The molecular formula is C14H17BrO2. The van der Waals surface area contributed by atoms with Crippen LogP contribution in [-0.2, 0) is 4.74 Å². The zero-order valence-electron chi connectivity index (χ0n) is 9.82. The molecule has 0 unspecified atom stereocenters. The molecule has 1 aliphatic carbocycles. The molecule has 0 atom stereocenters. The minimum Gasteiger partial charge on any atom is -0.370 e. The molecule has 92 valence electrons. The van der Waals surface area contributed by atoms with E-state index >= 15 is 0 Å². The molecule has 1 aromatic rings. The highest BCUT2D eigenvalue weighted by atomic mass is 79.9. The molecule has 0 N–H and O–H groups in total. The second-order valence-electron chi connectivity index (χ2n) is 4.50. The Morgan fingerprint density at radius 1 is 1.18 bits per heavy atom. The number of benzene rings is 1. The van der Waals surface area contributed by atoms with Gasteiger partial charge in [-0.15, -0.1) is 0 Å². The third-order valence-electron chi connectivity index (χ3n) is 3.17. The zero-order valence-corrected chi connectivity index (χ0v) is 11.4. The predicted molar refractivity (Wildman–Crippen MR) is 71.3 cm³/mol. The van der Waals surface area contributed by atoms with Crippen LogP contribution in [0, 0.1) is 0 Å². The van der Waals surface area contributed by atoms with Crippen molar-refractivity contribution in [3.63, 3.8) is 0 Å². The third-order valence-corrected chi connectivity index (χ3v) is 3.70. The van der Waals surface area contributed by atoms with Crippen molar-refractivity contribution < 1.29 is 9.53 Å². The van der Waals surface area contributed by atoms with E-state index in [1.165, 1.54) is 19.3 Å². The van der Waals surface area contributed by atoms with Gasteiger partial charge in [0.1, 0.15) is 6.61 Å². The van der Waals surface area contributed by atoms with Crippen LogP contribution in [-0.4, -0.2) is 18.5 Å². The van der Waals surface area contributed by atoms with Gasteiger partial charge in [-0.3, -0.25) is 4.79 Å². The molecule has 0 saturated heterocycles. The molecule has 0 aliphatic heterocycles. The van der Waals surface area contributed by atoms with Gasteiger partial charge in [-0.2, -0.15) is 0 Å². The summed E-state index contributed by atoms with van der Waals surface area (Å²) in [7, 11) is 0. The summed E-state index contributed by atoms with van der Waals surface area (Å²) in [5.41, 5.74) is 0.726. The number of rotatable bonds is 4. The van der Waals surface area contributed by atoms with Crippen molar-refractivity contribution in [2.45, 2.75) is 38.2 Å². The Balaban J connectivity index is 1.82. The van der Waals surface area contributed by atoms with E-state index in [4.69, 9.17) is 4.74 Å². The summed E-state index contributed by atoms with van der Waals surface area (Å²) in [6.45, 7) is 0.215. The van der Waals surface area contributed by atoms with Crippen molar-refractivity contribution in [1.29, 1.82) is 0 Å². The lowest BCUT2D eigenvalue weighted by atomic mass is 9.98. The molecule has 0 aromatic heterocycles. The molecule has 3 heteroatoms. The van der Waals surface area contributed by atoms with Crippen molar-refractivity contribution in [1.82, 2.24) is 0 Å². The van der Waals surface area contributed by atoms with E-state index in [-0.39, 0.29) is 12.4 Å². The summed E-state index contributed by atoms with van der Waals surface area (Å²) in [6, 6.07) is 7.43. The molecule has 0 heterocycles. The van der Waals surface area contributed by atoms with Gasteiger partial charge in [-0.1, -0.05) is 47.3 Å². The number of ketones is 1. The van der Waals surface area contributed by atoms with E-state index in [1.54, 1.807) is 0 Å². The Kier molecular flexibility index (Phi) is 4.75. The lowest BCUT2D eigenvalue weighted by Gasteiger charge is -2.21. The number of halogens is 1. The SMILES string of the molecule is O=C(COC1CCCCC1)c1ccc(Br)cc1. The van der Waals surface area contributed by atoms with Crippen molar-refractivity contribution in [2.75, 3.05) is 6.61 Å². The van der Waals surface area contributed by atoms with Crippen LogP contribution in [0.3, 0.4) is 0 Å². The fourth-order valence-electron chi connectivity index (χ4n) is 2.14. The van der Waals surface area contributed by atoms with Crippen LogP contribution < -0.4 is 0 Å². The average Bonchev–Trinajstić information content (AvgIpc) is 2.38. The van der Waals surface area contributed by atoms with Gasteiger partial charge in [-0.25, -0.2) is 0 Å². The number of carbonyl (C=O) groups excluding carboxylic acids is 1. The van der Waals surface area contributed by atoms with E-state index in [0.29, 0.717) is 6.10 Å². The second kappa shape index (κ2) is 6.31. The molecular weight excluding hydrogens is 280 g/mol. The summed E-state index contributed by atoms with van der Waals surface area (Å²) in [6.07, 6.45) is 6.28. The van der Waals surface area contributed by atoms with E-state index in [1.807, 2.05) is 24.3 Å². The van der Waals surface area contributed by atoms with E-state index < -0.39 is 0 Å². The van der Waals surface area contributed by atoms with E-state index in [2.05, 4.69) is 15.9 Å². The van der Waals surface area contributed by atoms with Gasteiger partial charge in [0.25, 0.3) is 0 Å². The van der Waals surface area contributed by atoms with Gasteiger partial charge in [0, 0.05) is 10.0 Å². The molecule has 1 aliphatic rings. The monoisotopic (exact) mass is 296 g/mol. The lowest BCUT2D eigenvalue weighted by Crippen LogP contribution is -2.20. The quantitative estimate of drug-likeness (QED) is 0.786. The van der Waals surface area contributed by atoms with Crippen molar-refractivity contribution in [3.05, 3.63) is 34.3 Å². The molecule has 0 bridgehead atoms. The molecule has 0 radical (unpaired) electrons. The number of carbonyl (C=O) groups is 1. The van der Waals surface area contributed by atoms with Gasteiger partial charge >= 0.3 is 0 Å². The molecule has 1 fully saturated rings.